The number of amides is 1. The molecule has 5 nitrogen and oxygen atoms in total. The largest absolute Gasteiger partial charge is 0.491 e. The van der Waals surface area contributed by atoms with E-state index in [0.717, 1.165) is 5.56 Å². The molecule has 0 atom stereocenters. The van der Waals surface area contributed by atoms with Gasteiger partial charge in [0.25, 0.3) is 0 Å². The molecule has 0 aromatic heterocycles. The van der Waals surface area contributed by atoms with Crippen LogP contribution in [0.5, 0.6) is 0 Å². The van der Waals surface area contributed by atoms with E-state index in [4.69, 9.17) is 4.65 Å². The lowest BCUT2D eigenvalue weighted by Crippen LogP contribution is -2.53. The van der Waals surface area contributed by atoms with Crippen molar-refractivity contribution in [2.45, 2.75) is 45.3 Å². The van der Waals surface area contributed by atoms with E-state index in [0.29, 0.717) is 5.46 Å². The lowest BCUT2D eigenvalue weighted by molar-refractivity contribution is -0.127. The molecule has 0 fully saturated rings. The fourth-order valence-corrected chi connectivity index (χ4v) is 1.68. The first-order valence-electron chi connectivity index (χ1n) is 7.31. The van der Waals surface area contributed by atoms with Crippen molar-refractivity contribution in [1.82, 2.24) is 4.90 Å². The maximum absolute atomic E-state index is 11.8. The van der Waals surface area contributed by atoms with Crippen molar-refractivity contribution >= 4 is 18.5 Å². The molecule has 1 aromatic rings. The van der Waals surface area contributed by atoms with Crippen molar-refractivity contribution in [1.29, 1.82) is 0 Å². The number of benzene rings is 1. The molecule has 0 aliphatic heterocycles. The highest BCUT2D eigenvalue weighted by Crippen LogP contribution is 2.25. The van der Waals surface area contributed by atoms with Gasteiger partial charge in [-0.2, -0.15) is 0 Å². The predicted octanol–water partition coefficient (Wildman–Crippen LogP) is 0.571. The van der Waals surface area contributed by atoms with Gasteiger partial charge in [-0.1, -0.05) is 24.3 Å². The van der Waals surface area contributed by atoms with Crippen molar-refractivity contribution in [2.24, 2.45) is 0 Å². The molecular formula is C16H26BNO4. The fraction of sp³-hybridized carbons (Fsp3) is 0.562. The lowest BCUT2D eigenvalue weighted by Gasteiger charge is -2.38. The molecule has 22 heavy (non-hydrogen) atoms. The summed E-state index contributed by atoms with van der Waals surface area (Å²) in [4.78, 5) is 13.3. The van der Waals surface area contributed by atoms with Crippen LogP contribution in [0, 0.1) is 0 Å². The normalized spacial score (nSPS) is 12.2. The average Bonchev–Trinajstić information content (AvgIpc) is 2.37. The van der Waals surface area contributed by atoms with Crippen molar-refractivity contribution in [3.05, 3.63) is 29.8 Å². The molecule has 0 aliphatic rings. The van der Waals surface area contributed by atoms with Gasteiger partial charge in [0.2, 0.25) is 5.91 Å². The first-order chi connectivity index (χ1) is 9.94. The van der Waals surface area contributed by atoms with Crippen molar-refractivity contribution in [3.63, 3.8) is 0 Å². The maximum Gasteiger partial charge on any atom is 0.491 e. The van der Waals surface area contributed by atoms with Gasteiger partial charge in [-0.25, -0.2) is 0 Å². The molecule has 122 valence electrons. The van der Waals surface area contributed by atoms with Crippen LogP contribution in [0.2, 0.25) is 0 Å². The number of likely N-dealkylation sites (N-methyl/N-ethyl adjacent to an activating group) is 1. The Balaban J connectivity index is 2.87. The molecule has 0 heterocycles. The van der Waals surface area contributed by atoms with Crippen molar-refractivity contribution < 1.29 is 19.6 Å². The summed E-state index contributed by atoms with van der Waals surface area (Å²) in [5.74, 6) is -0.00983. The van der Waals surface area contributed by atoms with E-state index in [1.54, 1.807) is 60.0 Å². The highest BCUT2D eigenvalue weighted by atomic mass is 16.5. The molecule has 0 bridgehead atoms. The SMILES string of the molecule is CN(C)C(=O)Cc1cccc(B(O)OC(C)(C)C(C)(C)O)c1. The van der Waals surface area contributed by atoms with Crippen LogP contribution in [-0.4, -0.2) is 53.4 Å². The molecular weight excluding hydrogens is 281 g/mol. The van der Waals surface area contributed by atoms with Gasteiger partial charge in [-0.3, -0.25) is 4.79 Å². The molecule has 0 unspecified atom stereocenters. The van der Waals surface area contributed by atoms with E-state index in [9.17, 15) is 14.9 Å². The minimum atomic E-state index is -1.17. The minimum absolute atomic E-state index is 0.00983. The number of nitrogens with zero attached hydrogens (tertiary/aromatic N) is 1. The molecule has 6 heteroatoms. The van der Waals surface area contributed by atoms with Gasteiger partial charge in [-0.05, 0) is 38.7 Å². The number of carbonyl (C=O) groups excluding carboxylic acids is 1. The van der Waals surface area contributed by atoms with Gasteiger partial charge in [0, 0.05) is 14.1 Å². The second kappa shape index (κ2) is 6.81. The topological polar surface area (TPSA) is 70.0 Å². The van der Waals surface area contributed by atoms with Gasteiger partial charge in [-0.15, -0.1) is 0 Å². The van der Waals surface area contributed by atoms with Crippen LogP contribution in [0.25, 0.3) is 0 Å². The van der Waals surface area contributed by atoms with Crippen LogP contribution >= 0.6 is 0 Å². The summed E-state index contributed by atoms with van der Waals surface area (Å²) >= 11 is 0. The van der Waals surface area contributed by atoms with Gasteiger partial charge >= 0.3 is 7.12 Å². The Morgan fingerprint density at radius 1 is 1.27 bits per heavy atom. The first kappa shape index (κ1) is 18.7. The highest BCUT2D eigenvalue weighted by molar-refractivity contribution is 6.60. The molecule has 1 amide bonds. The smallest absolute Gasteiger partial charge is 0.423 e. The lowest BCUT2D eigenvalue weighted by atomic mass is 9.76. The molecule has 0 saturated carbocycles. The Hall–Kier alpha value is -1.37. The molecule has 1 rings (SSSR count). The Morgan fingerprint density at radius 3 is 2.36 bits per heavy atom. The molecule has 0 spiro atoms. The Kier molecular flexibility index (Phi) is 5.79. The van der Waals surface area contributed by atoms with E-state index in [-0.39, 0.29) is 12.3 Å². The van der Waals surface area contributed by atoms with Crippen LogP contribution in [0.1, 0.15) is 33.3 Å². The zero-order chi connectivity index (χ0) is 17.1. The summed E-state index contributed by atoms with van der Waals surface area (Å²) in [5, 5.41) is 20.3. The number of hydrogen-bond donors (Lipinski definition) is 2. The molecule has 0 aliphatic carbocycles. The van der Waals surface area contributed by atoms with E-state index >= 15 is 0 Å². The van der Waals surface area contributed by atoms with E-state index in [2.05, 4.69) is 0 Å². The second-order valence-corrected chi connectivity index (χ2v) is 6.75. The second-order valence-electron chi connectivity index (χ2n) is 6.75. The third-order valence-corrected chi connectivity index (χ3v) is 3.97. The predicted molar refractivity (Wildman–Crippen MR) is 87.9 cm³/mol. The Morgan fingerprint density at radius 2 is 1.86 bits per heavy atom. The molecule has 2 N–H and O–H groups in total. The Bertz CT molecular complexity index is 523. The molecule has 0 radical (unpaired) electrons. The highest BCUT2D eigenvalue weighted by Gasteiger charge is 2.39. The average molecular weight is 307 g/mol. The third-order valence-electron chi connectivity index (χ3n) is 3.97. The standard InChI is InChI=1S/C16H26BNO4/c1-15(2,20)16(3,4)22-17(21)13-9-7-8-12(10-13)11-14(19)18(5)6/h7-10,20-21H,11H2,1-6H3. The van der Waals surface area contributed by atoms with Crippen molar-refractivity contribution in [2.75, 3.05) is 14.1 Å². The molecule has 1 aromatic carbocycles. The van der Waals surface area contributed by atoms with Crippen LogP contribution < -0.4 is 5.46 Å². The van der Waals surface area contributed by atoms with Crippen LogP contribution in [0.3, 0.4) is 0 Å². The van der Waals surface area contributed by atoms with Crippen molar-refractivity contribution in [3.8, 4) is 0 Å². The zero-order valence-corrected chi connectivity index (χ0v) is 14.3. The maximum atomic E-state index is 11.8. The summed E-state index contributed by atoms with van der Waals surface area (Å²) in [5.41, 5.74) is -0.671. The first-order valence-corrected chi connectivity index (χ1v) is 7.31. The van der Waals surface area contributed by atoms with Gasteiger partial charge in [0.05, 0.1) is 17.6 Å². The quantitative estimate of drug-likeness (QED) is 0.754. The Labute approximate surface area is 133 Å². The van der Waals surface area contributed by atoms with Crippen LogP contribution in [0.15, 0.2) is 24.3 Å². The summed E-state index contributed by atoms with van der Waals surface area (Å²) in [6.45, 7) is 6.70. The number of carbonyl (C=O) groups is 1. The van der Waals surface area contributed by atoms with Gasteiger partial charge in [0.1, 0.15) is 0 Å². The van der Waals surface area contributed by atoms with E-state index in [1.165, 1.54) is 4.90 Å². The van der Waals surface area contributed by atoms with E-state index in [1.807, 2.05) is 6.07 Å². The van der Waals surface area contributed by atoms with Gasteiger partial charge < -0.3 is 19.7 Å². The summed E-state index contributed by atoms with van der Waals surface area (Å²) in [7, 11) is 2.24. The van der Waals surface area contributed by atoms with Crippen LogP contribution in [-0.2, 0) is 15.9 Å². The number of hydrogen-bond acceptors (Lipinski definition) is 4. The summed E-state index contributed by atoms with van der Waals surface area (Å²) in [6, 6.07) is 7.08. The molecule has 0 saturated heterocycles. The van der Waals surface area contributed by atoms with Crippen LogP contribution in [0.4, 0.5) is 0 Å². The third kappa shape index (κ3) is 4.83. The summed E-state index contributed by atoms with van der Waals surface area (Å²) < 4.78 is 5.61. The monoisotopic (exact) mass is 307 g/mol. The van der Waals surface area contributed by atoms with Gasteiger partial charge in [0.15, 0.2) is 0 Å². The number of rotatable bonds is 6. The fourth-order valence-electron chi connectivity index (χ4n) is 1.68. The summed E-state index contributed by atoms with van der Waals surface area (Å²) in [6.07, 6.45) is 0.266. The zero-order valence-electron chi connectivity index (χ0n) is 14.3. The van der Waals surface area contributed by atoms with E-state index < -0.39 is 18.3 Å². The number of aliphatic hydroxyl groups is 1. The minimum Gasteiger partial charge on any atom is -0.423 e.